The second-order valence-corrected chi connectivity index (χ2v) is 6.46. The number of nitrogens with zero attached hydrogens (tertiary/aromatic N) is 4. The van der Waals surface area contributed by atoms with Crippen LogP contribution in [0.1, 0.15) is 15.9 Å². The minimum Gasteiger partial charge on any atom is -0.365 e. The predicted octanol–water partition coefficient (Wildman–Crippen LogP) is 1.73. The molecule has 1 aliphatic heterocycles. The van der Waals surface area contributed by atoms with Crippen LogP contribution in [-0.2, 0) is 11.3 Å². The normalized spacial score (nSPS) is 14.7. The van der Waals surface area contributed by atoms with Crippen LogP contribution in [0.2, 0.25) is 10.2 Å². The molecule has 25 heavy (non-hydrogen) atoms. The van der Waals surface area contributed by atoms with Gasteiger partial charge in [0, 0.05) is 24.7 Å². The zero-order chi connectivity index (χ0) is 18.0. The van der Waals surface area contributed by atoms with Crippen molar-refractivity contribution < 1.29 is 9.59 Å². The number of amides is 2. The number of carbonyl (C=O) groups is 2. The van der Waals surface area contributed by atoms with Gasteiger partial charge in [0.1, 0.15) is 0 Å². The van der Waals surface area contributed by atoms with Gasteiger partial charge in [-0.05, 0) is 23.8 Å². The highest BCUT2D eigenvalue weighted by atomic mass is 35.5. The van der Waals surface area contributed by atoms with Gasteiger partial charge in [0.15, 0.2) is 11.0 Å². The molecule has 0 bridgehead atoms. The number of hydrogen-bond acceptors (Lipinski definition) is 5. The Morgan fingerprint density at radius 3 is 2.52 bits per heavy atom. The van der Waals surface area contributed by atoms with Gasteiger partial charge >= 0.3 is 0 Å². The first-order valence-electron chi connectivity index (χ1n) is 7.54. The van der Waals surface area contributed by atoms with E-state index in [1.807, 2.05) is 12.1 Å². The van der Waals surface area contributed by atoms with E-state index in [1.165, 1.54) is 6.07 Å². The highest BCUT2D eigenvalue weighted by Crippen LogP contribution is 2.22. The maximum Gasteiger partial charge on any atom is 0.252 e. The molecule has 130 valence electrons. The Morgan fingerprint density at radius 1 is 1.16 bits per heavy atom. The summed E-state index contributed by atoms with van der Waals surface area (Å²) >= 11 is 11.6. The summed E-state index contributed by atoms with van der Waals surface area (Å²) in [7, 11) is 0. The molecule has 2 N–H and O–H groups in total. The van der Waals surface area contributed by atoms with Gasteiger partial charge in [-0.15, -0.1) is 10.2 Å². The van der Waals surface area contributed by atoms with E-state index in [0.717, 1.165) is 5.56 Å². The highest BCUT2D eigenvalue weighted by Gasteiger charge is 2.27. The molecule has 2 heterocycles. The molecule has 0 unspecified atom stereocenters. The van der Waals surface area contributed by atoms with Gasteiger partial charge < -0.3 is 15.5 Å². The first-order valence-corrected chi connectivity index (χ1v) is 8.30. The number of anilines is 1. The third-order valence-corrected chi connectivity index (χ3v) is 4.35. The van der Waals surface area contributed by atoms with Crippen molar-refractivity contribution in [1.82, 2.24) is 15.1 Å². The molecule has 3 rings (SSSR count). The molecule has 1 saturated heterocycles. The van der Waals surface area contributed by atoms with E-state index < -0.39 is 5.91 Å². The molecule has 1 fully saturated rings. The Labute approximate surface area is 154 Å². The molecule has 1 aromatic carbocycles. The largest absolute Gasteiger partial charge is 0.365 e. The lowest BCUT2D eigenvalue weighted by Gasteiger charge is -2.35. The number of carbonyl (C=O) groups excluding carboxylic acids is 2. The molecule has 1 aromatic heterocycles. The van der Waals surface area contributed by atoms with Crippen molar-refractivity contribution in [2.45, 2.75) is 6.54 Å². The zero-order valence-corrected chi connectivity index (χ0v) is 14.7. The fraction of sp³-hybridized carbons (Fsp3) is 0.250. The lowest BCUT2D eigenvalue weighted by molar-refractivity contribution is -0.131. The minimum atomic E-state index is -0.664. The molecule has 0 radical (unpaired) electrons. The smallest absolute Gasteiger partial charge is 0.252 e. The van der Waals surface area contributed by atoms with Crippen LogP contribution in [0.5, 0.6) is 0 Å². The summed E-state index contributed by atoms with van der Waals surface area (Å²) in [6.07, 6.45) is 0. The molecule has 9 heteroatoms. The molecule has 7 nitrogen and oxygen atoms in total. The number of hydrogen-bond donors (Lipinski definition) is 1. The predicted molar refractivity (Wildman–Crippen MR) is 94.6 cm³/mol. The van der Waals surface area contributed by atoms with Gasteiger partial charge in [0.25, 0.3) is 5.91 Å². The third kappa shape index (κ3) is 4.00. The number of piperazine rings is 1. The summed E-state index contributed by atoms with van der Waals surface area (Å²) in [5.41, 5.74) is 6.52. The van der Waals surface area contributed by atoms with E-state index >= 15 is 0 Å². The van der Waals surface area contributed by atoms with E-state index in [-0.39, 0.29) is 29.0 Å². The second-order valence-electron chi connectivity index (χ2n) is 5.63. The van der Waals surface area contributed by atoms with Crippen LogP contribution in [0.15, 0.2) is 30.3 Å². The monoisotopic (exact) mass is 379 g/mol. The van der Waals surface area contributed by atoms with Crippen molar-refractivity contribution in [3.8, 4) is 0 Å². The summed E-state index contributed by atoms with van der Waals surface area (Å²) in [5, 5.41) is 8.41. The standard InChI is InChI=1S/C16H15Cl2N5O2/c17-11-3-1-10(2-4-11)8-22-5-6-23(9-14(22)24)16-12(15(19)25)7-13(18)20-21-16/h1-4,7H,5-6,8-9H2,(H2,19,25). The van der Waals surface area contributed by atoms with E-state index in [2.05, 4.69) is 10.2 Å². The van der Waals surface area contributed by atoms with Gasteiger partial charge in [-0.25, -0.2) is 0 Å². The zero-order valence-electron chi connectivity index (χ0n) is 13.2. The van der Waals surface area contributed by atoms with Gasteiger partial charge in [-0.1, -0.05) is 35.3 Å². The third-order valence-electron chi connectivity index (χ3n) is 3.91. The lowest BCUT2D eigenvalue weighted by atomic mass is 10.2. The second kappa shape index (κ2) is 7.25. The van der Waals surface area contributed by atoms with Gasteiger partial charge in [-0.2, -0.15) is 0 Å². The van der Waals surface area contributed by atoms with E-state index in [1.54, 1.807) is 21.9 Å². The fourth-order valence-electron chi connectivity index (χ4n) is 2.64. The summed E-state index contributed by atoms with van der Waals surface area (Å²) < 4.78 is 0. The summed E-state index contributed by atoms with van der Waals surface area (Å²) in [5.74, 6) is -0.465. The van der Waals surface area contributed by atoms with Crippen molar-refractivity contribution in [3.05, 3.63) is 51.6 Å². The average molecular weight is 380 g/mol. The first-order chi connectivity index (χ1) is 11.9. The molecular formula is C16H15Cl2N5O2. The van der Waals surface area contributed by atoms with Crippen LogP contribution >= 0.6 is 23.2 Å². The first kappa shape index (κ1) is 17.4. The molecule has 0 spiro atoms. The van der Waals surface area contributed by atoms with Crippen molar-refractivity contribution in [2.75, 3.05) is 24.5 Å². The average Bonchev–Trinajstić information content (AvgIpc) is 2.58. The number of aromatic nitrogens is 2. The summed E-state index contributed by atoms with van der Waals surface area (Å²) in [6.45, 7) is 1.59. The minimum absolute atomic E-state index is 0.0743. The number of halogens is 2. The van der Waals surface area contributed by atoms with Crippen molar-refractivity contribution in [2.24, 2.45) is 5.73 Å². The lowest BCUT2D eigenvalue weighted by Crippen LogP contribution is -2.50. The molecular weight excluding hydrogens is 365 g/mol. The van der Waals surface area contributed by atoms with Crippen LogP contribution in [0.25, 0.3) is 0 Å². The Kier molecular flexibility index (Phi) is 5.06. The number of nitrogens with two attached hydrogens (primary N) is 1. The van der Waals surface area contributed by atoms with Crippen LogP contribution < -0.4 is 10.6 Å². The fourth-order valence-corrected chi connectivity index (χ4v) is 2.92. The molecule has 0 atom stereocenters. The Morgan fingerprint density at radius 2 is 1.88 bits per heavy atom. The van der Waals surface area contributed by atoms with Crippen LogP contribution in [-0.4, -0.2) is 46.5 Å². The van der Waals surface area contributed by atoms with E-state index in [4.69, 9.17) is 28.9 Å². The molecule has 0 aliphatic carbocycles. The molecule has 2 amide bonds. The number of primary amides is 1. The topological polar surface area (TPSA) is 92.4 Å². The Hall–Kier alpha value is -2.38. The maximum absolute atomic E-state index is 12.5. The SMILES string of the molecule is NC(=O)c1cc(Cl)nnc1N1CCN(Cc2ccc(Cl)cc2)C(=O)C1. The van der Waals surface area contributed by atoms with Gasteiger partial charge in [-0.3, -0.25) is 9.59 Å². The van der Waals surface area contributed by atoms with Crippen LogP contribution in [0.4, 0.5) is 5.82 Å². The van der Waals surface area contributed by atoms with Crippen molar-refractivity contribution in [3.63, 3.8) is 0 Å². The van der Waals surface area contributed by atoms with Gasteiger partial charge in [0.05, 0.1) is 12.1 Å². The van der Waals surface area contributed by atoms with Gasteiger partial charge in [0.2, 0.25) is 5.91 Å². The quantitative estimate of drug-likeness (QED) is 0.872. The summed E-state index contributed by atoms with van der Waals surface area (Å²) in [4.78, 5) is 27.5. The number of benzene rings is 1. The van der Waals surface area contributed by atoms with Crippen LogP contribution in [0, 0.1) is 0 Å². The Bertz CT molecular complexity index is 813. The van der Waals surface area contributed by atoms with E-state index in [9.17, 15) is 9.59 Å². The molecule has 0 saturated carbocycles. The van der Waals surface area contributed by atoms with E-state index in [0.29, 0.717) is 24.7 Å². The highest BCUT2D eigenvalue weighted by molar-refractivity contribution is 6.30. The number of rotatable bonds is 4. The van der Waals surface area contributed by atoms with Crippen molar-refractivity contribution >= 4 is 40.8 Å². The maximum atomic E-state index is 12.5. The molecule has 1 aliphatic rings. The molecule has 2 aromatic rings. The Balaban J connectivity index is 1.73. The summed E-state index contributed by atoms with van der Waals surface area (Å²) in [6, 6.07) is 8.71. The van der Waals surface area contributed by atoms with Crippen molar-refractivity contribution in [1.29, 1.82) is 0 Å². The van der Waals surface area contributed by atoms with Crippen LogP contribution in [0.3, 0.4) is 0 Å².